The summed E-state index contributed by atoms with van der Waals surface area (Å²) in [7, 11) is 0. The molecule has 0 aliphatic carbocycles. The second-order valence-corrected chi connectivity index (χ2v) is 1.71. The number of hydrogen-bond acceptors (Lipinski definition) is 1. The molecule has 8 heavy (non-hydrogen) atoms. The third-order valence-electron chi connectivity index (χ3n) is 0.935. The second kappa shape index (κ2) is 3.24. The predicted molar refractivity (Wildman–Crippen MR) is 36.0 cm³/mol. The van der Waals surface area contributed by atoms with Crippen LogP contribution in [0.4, 0.5) is 0 Å². The van der Waals surface area contributed by atoms with Gasteiger partial charge in [-0.3, -0.25) is 5.41 Å². The van der Waals surface area contributed by atoms with E-state index in [-0.39, 0.29) is 5.84 Å². The van der Waals surface area contributed by atoms with Crippen LogP contribution in [0, 0.1) is 5.41 Å². The summed E-state index contributed by atoms with van der Waals surface area (Å²) in [6.45, 7) is 3.86. The Morgan fingerprint density at radius 2 is 2.25 bits per heavy atom. The van der Waals surface area contributed by atoms with Gasteiger partial charge in [0.1, 0.15) is 5.84 Å². The van der Waals surface area contributed by atoms with Crippen LogP contribution >= 0.6 is 0 Å². The molecular formula is C6H12N2. The van der Waals surface area contributed by atoms with E-state index in [1.165, 1.54) is 0 Å². The Bertz CT molecular complexity index is 114. The highest BCUT2D eigenvalue weighted by Gasteiger charge is 1.87. The van der Waals surface area contributed by atoms with Crippen LogP contribution in [0.15, 0.2) is 11.6 Å². The highest BCUT2D eigenvalue weighted by molar-refractivity contribution is 5.93. The lowest BCUT2D eigenvalue weighted by Gasteiger charge is -1.92. The lowest BCUT2D eigenvalue weighted by atomic mass is 10.2. The zero-order valence-corrected chi connectivity index (χ0v) is 5.36. The number of hydrogen-bond donors (Lipinski definition) is 2. The Morgan fingerprint density at radius 3 is 2.38 bits per heavy atom. The molecule has 0 unspecified atom stereocenters. The average Bonchev–Trinajstić information content (AvgIpc) is 1.67. The normalized spacial score (nSPS) is 11.5. The quantitative estimate of drug-likeness (QED) is 0.410. The maximum Gasteiger partial charge on any atom is 0.117 e. The maximum atomic E-state index is 6.91. The molecule has 0 aromatic rings. The molecule has 0 heterocycles. The van der Waals surface area contributed by atoms with Gasteiger partial charge in [0, 0.05) is 0 Å². The van der Waals surface area contributed by atoms with Crippen molar-refractivity contribution in [1.29, 1.82) is 5.41 Å². The van der Waals surface area contributed by atoms with Gasteiger partial charge in [-0.15, -0.1) is 0 Å². The van der Waals surface area contributed by atoms with Crippen molar-refractivity contribution in [2.45, 2.75) is 20.3 Å². The van der Waals surface area contributed by atoms with Crippen molar-refractivity contribution in [3.05, 3.63) is 11.6 Å². The molecule has 0 aliphatic heterocycles. The molecule has 0 atom stereocenters. The summed E-state index contributed by atoms with van der Waals surface area (Å²) in [5.41, 5.74) is 6.01. The first kappa shape index (κ1) is 7.21. The fourth-order valence-electron chi connectivity index (χ4n) is 0.416. The summed E-state index contributed by atoms with van der Waals surface area (Å²) in [5.74, 6) is 0.173. The zero-order chi connectivity index (χ0) is 6.57. The van der Waals surface area contributed by atoms with Gasteiger partial charge < -0.3 is 5.73 Å². The molecular weight excluding hydrogens is 100 g/mol. The van der Waals surface area contributed by atoms with Crippen LogP contribution in [0.5, 0.6) is 0 Å². The molecule has 0 radical (unpaired) electrons. The predicted octanol–water partition coefficient (Wildman–Crippen LogP) is 1.28. The number of rotatable bonds is 2. The largest absolute Gasteiger partial charge is 0.384 e. The Balaban J connectivity index is 3.80. The fourth-order valence-corrected chi connectivity index (χ4v) is 0.416. The third kappa shape index (κ3) is 2.39. The van der Waals surface area contributed by atoms with E-state index in [9.17, 15) is 0 Å². The van der Waals surface area contributed by atoms with Gasteiger partial charge in [0.2, 0.25) is 0 Å². The number of nitrogens with two attached hydrogens (primary N) is 1. The van der Waals surface area contributed by atoms with Gasteiger partial charge in [-0.1, -0.05) is 13.0 Å². The van der Waals surface area contributed by atoms with E-state index in [1.807, 2.05) is 19.9 Å². The summed E-state index contributed by atoms with van der Waals surface area (Å²) >= 11 is 0. The van der Waals surface area contributed by atoms with Gasteiger partial charge in [-0.2, -0.15) is 0 Å². The first-order chi connectivity index (χ1) is 3.68. The molecule has 0 bridgehead atoms. The molecule has 0 spiro atoms. The van der Waals surface area contributed by atoms with Crippen molar-refractivity contribution < 1.29 is 0 Å². The molecule has 0 rings (SSSR count). The molecule has 0 saturated heterocycles. The van der Waals surface area contributed by atoms with E-state index in [1.54, 1.807) is 0 Å². The number of nitrogens with one attached hydrogen (secondary N) is 1. The number of allylic oxidation sites excluding steroid dienone is 1. The lowest BCUT2D eigenvalue weighted by molar-refractivity contribution is 1.20. The molecule has 2 heteroatoms. The minimum atomic E-state index is 0.173. The van der Waals surface area contributed by atoms with Gasteiger partial charge >= 0.3 is 0 Å². The molecule has 0 aromatic heterocycles. The van der Waals surface area contributed by atoms with Crippen molar-refractivity contribution in [3.63, 3.8) is 0 Å². The van der Waals surface area contributed by atoms with E-state index < -0.39 is 0 Å². The van der Waals surface area contributed by atoms with Crippen LogP contribution < -0.4 is 5.73 Å². The van der Waals surface area contributed by atoms with Crippen LogP contribution in [0.2, 0.25) is 0 Å². The first-order valence-electron chi connectivity index (χ1n) is 2.69. The van der Waals surface area contributed by atoms with Crippen LogP contribution in [-0.4, -0.2) is 5.84 Å². The topological polar surface area (TPSA) is 49.9 Å². The summed E-state index contributed by atoms with van der Waals surface area (Å²) in [4.78, 5) is 0. The maximum absolute atomic E-state index is 6.91. The lowest BCUT2D eigenvalue weighted by Crippen LogP contribution is -2.10. The van der Waals surface area contributed by atoms with Gasteiger partial charge in [0.25, 0.3) is 0 Å². The molecule has 0 saturated carbocycles. The van der Waals surface area contributed by atoms with Crippen molar-refractivity contribution in [2.24, 2.45) is 5.73 Å². The molecule has 46 valence electrons. The molecule has 0 fully saturated rings. The van der Waals surface area contributed by atoms with Gasteiger partial charge in [0.15, 0.2) is 0 Å². The summed E-state index contributed by atoms with van der Waals surface area (Å²) < 4.78 is 0. The van der Waals surface area contributed by atoms with Crippen LogP contribution in [-0.2, 0) is 0 Å². The minimum Gasteiger partial charge on any atom is -0.384 e. The third-order valence-corrected chi connectivity index (χ3v) is 0.935. The highest BCUT2D eigenvalue weighted by atomic mass is 14.7. The Labute approximate surface area is 49.9 Å². The van der Waals surface area contributed by atoms with Crippen LogP contribution in [0.3, 0.4) is 0 Å². The van der Waals surface area contributed by atoms with Gasteiger partial charge in [-0.25, -0.2) is 0 Å². The molecule has 0 aliphatic rings. The van der Waals surface area contributed by atoms with E-state index in [2.05, 4.69) is 0 Å². The summed E-state index contributed by atoms with van der Waals surface area (Å²) in [5, 5.41) is 6.91. The van der Waals surface area contributed by atoms with E-state index >= 15 is 0 Å². The van der Waals surface area contributed by atoms with Crippen LogP contribution in [0.1, 0.15) is 20.3 Å². The van der Waals surface area contributed by atoms with Crippen molar-refractivity contribution in [3.8, 4) is 0 Å². The van der Waals surface area contributed by atoms with E-state index in [4.69, 9.17) is 11.1 Å². The summed E-state index contributed by atoms with van der Waals surface area (Å²) in [6.07, 6.45) is 2.88. The highest BCUT2D eigenvalue weighted by Crippen LogP contribution is 1.91. The first-order valence-corrected chi connectivity index (χ1v) is 2.69. The fraction of sp³-hybridized carbons (Fsp3) is 0.500. The minimum absolute atomic E-state index is 0.173. The Kier molecular flexibility index (Phi) is 2.92. The van der Waals surface area contributed by atoms with Crippen molar-refractivity contribution >= 4 is 5.84 Å². The molecule has 0 aromatic carbocycles. The zero-order valence-electron chi connectivity index (χ0n) is 5.36. The van der Waals surface area contributed by atoms with Crippen LogP contribution in [0.25, 0.3) is 0 Å². The SMILES string of the molecule is CC/C=C(/C)C(=N)N. The molecule has 2 nitrogen and oxygen atoms in total. The standard InChI is InChI=1S/C6H12N2/c1-3-4-5(2)6(7)8/h4H,3H2,1-2H3,(H3,7,8)/b5-4-. The number of amidine groups is 1. The van der Waals surface area contributed by atoms with Gasteiger partial charge in [-0.05, 0) is 18.9 Å². The van der Waals surface area contributed by atoms with Crippen molar-refractivity contribution in [1.82, 2.24) is 0 Å². The second-order valence-electron chi connectivity index (χ2n) is 1.71. The summed E-state index contributed by atoms with van der Waals surface area (Å²) in [6, 6.07) is 0. The van der Waals surface area contributed by atoms with Crippen molar-refractivity contribution in [2.75, 3.05) is 0 Å². The monoisotopic (exact) mass is 112 g/mol. The Morgan fingerprint density at radius 1 is 1.75 bits per heavy atom. The smallest absolute Gasteiger partial charge is 0.117 e. The van der Waals surface area contributed by atoms with E-state index in [0.717, 1.165) is 12.0 Å². The Hall–Kier alpha value is -0.790. The molecule has 0 amide bonds. The van der Waals surface area contributed by atoms with Gasteiger partial charge in [0.05, 0.1) is 0 Å². The van der Waals surface area contributed by atoms with E-state index in [0.29, 0.717) is 0 Å². The average molecular weight is 112 g/mol. The molecule has 3 N–H and O–H groups in total.